The maximum atomic E-state index is 12.8. The third-order valence-electron chi connectivity index (χ3n) is 5.05. The summed E-state index contributed by atoms with van der Waals surface area (Å²) in [7, 11) is 1.88. The van der Waals surface area contributed by atoms with E-state index in [0.717, 1.165) is 24.9 Å². The Labute approximate surface area is 164 Å². The van der Waals surface area contributed by atoms with E-state index in [9.17, 15) is 9.59 Å². The van der Waals surface area contributed by atoms with Crippen molar-refractivity contribution in [1.29, 1.82) is 0 Å². The van der Waals surface area contributed by atoms with E-state index in [1.54, 1.807) is 10.7 Å². The van der Waals surface area contributed by atoms with Crippen LogP contribution in [0, 0.1) is 11.8 Å². The van der Waals surface area contributed by atoms with Crippen LogP contribution in [0.3, 0.4) is 0 Å². The number of anilines is 2. The number of carbonyl (C=O) groups excluding carboxylic acids is 2. The van der Waals surface area contributed by atoms with Gasteiger partial charge in [0.25, 0.3) is 0 Å². The first-order valence-corrected chi connectivity index (χ1v) is 9.01. The Morgan fingerprint density at radius 3 is 2.48 bits per heavy atom. The van der Waals surface area contributed by atoms with E-state index in [0.29, 0.717) is 17.9 Å². The van der Waals surface area contributed by atoms with Crippen molar-refractivity contribution >= 4 is 35.6 Å². The van der Waals surface area contributed by atoms with Gasteiger partial charge in [-0.2, -0.15) is 5.10 Å². The molecule has 2 heterocycles. The molecule has 2 amide bonds. The Bertz CT molecular complexity index is 833. The van der Waals surface area contributed by atoms with Gasteiger partial charge in [0.15, 0.2) is 0 Å². The molecule has 0 radical (unpaired) electrons. The average molecular weight is 390 g/mol. The summed E-state index contributed by atoms with van der Waals surface area (Å²) >= 11 is 0. The first kappa shape index (κ1) is 19.4. The van der Waals surface area contributed by atoms with Crippen molar-refractivity contribution in [2.45, 2.75) is 18.8 Å². The van der Waals surface area contributed by atoms with Gasteiger partial charge in [-0.25, -0.2) is 0 Å². The zero-order valence-electron chi connectivity index (χ0n) is 15.1. The van der Waals surface area contributed by atoms with Crippen LogP contribution in [0.25, 0.3) is 0 Å². The van der Waals surface area contributed by atoms with Crippen LogP contribution in [-0.4, -0.2) is 34.7 Å². The first-order chi connectivity index (χ1) is 12.6. The van der Waals surface area contributed by atoms with Crippen LogP contribution < -0.4 is 16.0 Å². The second kappa shape index (κ2) is 8.10. The minimum absolute atomic E-state index is 0. The number of hydrogen-bond acceptors (Lipinski definition) is 4. The molecule has 1 aliphatic carbocycles. The van der Waals surface area contributed by atoms with Gasteiger partial charge in [-0.1, -0.05) is 6.07 Å². The van der Waals surface area contributed by atoms with Gasteiger partial charge in [-0.05, 0) is 36.6 Å². The van der Waals surface area contributed by atoms with Crippen molar-refractivity contribution in [2.75, 3.05) is 23.7 Å². The molecule has 4 rings (SSSR count). The molecule has 144 valence electrons. The number of aromatic nitrogens is 2. The fourth-order valence-corrected chi connectivity index (χ4v) is 3.44. The minimum atomic E-state index is -0.149. The Morgan fingerprint density at radius 1 is 1.15 bits per heavy atom. The van der Waals surface area contributed by atoms with Gasteiger partial charge in [-0.3, -0.25) is 14.3 Å². The highest BCUT2D eigenvalue weighted by atomic mass is 35.5. The number of hydrogen-bond donors (Lipinski definition) is 3. The lowest BCUT2D eigenvalue weighted by Crippen LogP contribution is -2.28. The summed E-state index contributed by atoms with van der Waals surface area (Å²) in [5.41, 5.74) is 2.48. The van der Waals surface area contributed by atoms with Gasteiger partial charge >= 0.3 is 0 Å². The Balaban J connectivity index is 0.00000210. The lowest BCUT2D eigenvalue weighted by Gasteiger charge is -2.17. The maximum absolute atomic E-state index is 12.8. The van der Waals surface area contributed by atoms with Crippen LogP contribution in [0.15, 0.2) is 36.7 Å². The molecule has 1 aromatic carbocycles. The van der Waals surface area contributed by atoms with E-state index >= 15 is 0 Å². The summed E-state index contributed by atoms with van der Waals surface area (Å²) in [5, 5.41) is 13.4. The highest BCUT2D eigenvalue weighted by Crippen LogP contribution is 2.31. The Hall–Kier alpha value is -2.38. The van der Waals surface area contributed by atoms with Crippen LogP contribution in [-0.2, 0) is 16.6 Å². The van der Waals surface area contributed by atoms with E-state index in [2.05, 4.69) is 21.0 Å². The molecule has 0 bridgehead atoms. The fourth-order valence-electron chi connectivity index (χ4n) is 3.44. The summed E-state index contributed by atoms with van der Waals surface area (Å²) < 4.78 is 1.76. The van der Waals surface area contributed by atoms with Crippen LogP contribution >= 0.6 is 12.4 Å². The monoisotopic (exact) mass is 389 g/mol. The highest BCUT2D eigenvalue weighted by molar-refractivity contribution is 5.96. The topological polar surface area (TPSA) is 88.0 Å². The summed E-state index contributed by atoms with van der Waals surface area (Å²) in [4.78, 5) is 24.7. The van der Waals surface area contributed by atoms with Crippen LogP contribution in [0.2, 0.25) is 0 Å². The second-order valence-corrected chi connectivity index (χ2v) is 7.15. The molecule has 2 atom stereocenters. The molecule has 3 N–H and O–H groups in total. The number of halogens is 1. The lowest BCUT2D eigenvalue weighted by atomic mass is 9.90. The van der Waals surface area contributed by atoms with E-state index in [1.165, 1.54) is 0 Å². The Kier molecular flexibility index (Phi) is 5.82. The number of aryl methyl sites for hydroxylation is 1. The molecule has 27 heavy (non-hydrogen) atoms. The van der Waals surface area contributed by atoms with Gasteiger partial charge in [0.1, 0.15) is 0 Å². The standard InChI is InChI=1S/C19H23N5O2.ClH/c1-24-11-13(8-21-24)16-9-20-10-17(16)19(26)23-15-4-2-3-14(7-15)22-18(25)12-5-6-12;/h2-4,7-8,11-12,16-17,20H,5-6,9-10H2,1H3,(H,22,25)(H,23,26);1H/t16-,17+;/m1./s1. The third kappa shape index (κ3) is 4.48. The molecule has 8 heteroatoms. The molecule has 2 aromatic rings. The molecule has 1 aliphatic heterocycles. The van der Waals surface area contributed by atoms with Crippen LogP contribution in [0.5, 0.6) is 0 Å². The van der Waals surface area contributed by atoms with Crippen molar-refractivity contribution in [2.24, 2.45) is 18.9 Å². The van der Waals surface area contributed by atoms with Gasteiger partial charge in [0, 0.05) is 49.5 Å². The molecule has 7 nitrogen and oxygen atoms in total. The summed E-state index contributed by atoms with van der Waals surface area (Å²) in [6.07, 6.45) is 5.72. The number of nitrogens with one attached hydrogen (secondary N) is 3. The lowest BCUT2D eigenvalue weighted by molar-refractivity contribution is -0.119. The quantitative estimate of drug-likeness (QED) is 0.731. The van der Waals surface area contributed by atoms with E-state index < -0.39 is 0 Å². The summed E-state index contributed by atoms with van der Waals surface area (Å²) in [6.45, 7) is 1.41. The van der Waals surface area contributed by atoms with Gasteiger partial charge < -0.3 is 16.0 Å². The van der Waals surface area contributed by atoms with E-state index in [1.807, 2.05) is 37.6 Å². The summed E-state index contributed by atoms with van der Waals surface area (Å²) in [5.74, 6) is 0.156. The predicted octanol–water partition coefficient (Wildman–Crippen LogP) is 2.13. The molecular weight excluding hydrogens is 366 g/mol. The normalized spacial score (nSPS) is 21.4. The van der Waals surface area contributed by atoms with Crippen molar-refractivity contribution in [3.8, 4) is 0 Å². The number of carbonyl (C=O) groups is 2. The molecular formula is C19H24ClN5O2. The summed E-state index contributed by atoms with van der Waals surface area (Å²) in [6, 6.07) is 7.32. The fraction of sp³-hybridized carbons (Fsp3) is 0.421. The van der Waals surface area contributed by atoms with Crippen molar-refractivity contribution in [3.63, 3.8) is 0 Å². The first-order valence-electron chi connectivity index (χ1n) is 9.01. The van der Waals surface area contributed by atoms with E-state index in [-0.39, 0.29) is 42.0 Å². The van der Waals surface area contributed by atoms with Crippen molar-refractivity contribution < 1.29 is 9.59 Å². The predicted molar refractivity (Wildman–Crippen MR) is 106 cm³/mol. The van der Waals surface area contributed by atoms with Gasteiger partial charge in [0.2, 0.25) is 11.8 Å². The second-order valence-electron chi connectivity index (χ2n) is 7.15. The average Bonchev–Trinajstić information content (AvgIpc) is 3.20. The minimum Gasteiger partial charge on any atom is -0.326 e. The van der Waals surface area contributed by atoms with Crippen LogP contribution in [0.4, 0.5) is 11.4 Å². The molecule has 0 unspecified atom stereocenters. The SMILES string of the molecule is Cl.Cn1cc([C@H]2CNC[C@@H]2C(=O)Nc2cccc(NC(=O)C3CC3)c2)cn1. The number of amides is 2. The van der Waals surface area contributed by atoms with E-state index in [4.69, 9.17) is 0 Å². The zero-order chi connectivity index (χ0) is 18.1. The third-order valence-corrected chi connectivity index (χ3v) is 5.05. The van der Waals surface area contributed by atoms with Crippen LogP contribution in [0.1, 0.15) is 24.3 Å². The zero-order valence-corrected chi connectivity index (χ0v) is 16.0. The molecule has 1 aromatic heterocycles. The van der Waals surface area contributed by atoms with Gasteiger partial charge in [0.05, 0.1) is 12.1 Å². The van der Waals surface area contributed by atoms with Gasteiger partial charge in [-0.15, -0.1) is 12.4 Å². The number of nitrogens with zero attached hydrogens (tertiary/aromatic N) is 2. The molecule has 0 spiro atoms. The molecule has 1 saturated carbocycles. The number of benzene rings is 1. The smallest absolute Gasteiger partial charge is 0.229 e. The number of rotatable bonds is 5. The molecule has 2 aliphatic rings. The largest absolute Gasteiger partial charge is 0.326 e. The Morgan fingerprint density at radius 2 is 1.85 bits per heavy atom. The van der Waals surface area contributed by atoms with Crippen molar-refractivity contribution in [1.82, 2.24) is 15.1 Å². The maximum Gasteiger partial charge on any atom is 0.229 e. The van der Waals surface area contributed by atoms with Crippen molar-refractivity contribution in [3.05, 3.63) is 42.2 Å². The highest BCUT2D eigenvalue weighted by Gasteiger charge is 2.34. The molecule has 2 fully saturated rings. The molecule has 1 saturated heterocycles.